The molecule has 1 saturated heterocycles. The fourth-order valence-electron chi connectivity index (χ4n) is 4.66. The third-order valence-corrected chi connectivity index (χ3v) is 6.48. The van der Waals surface area contributed by atoms with E-state index in [2.05, 4.69) is 27.3 Å². The largest absolute Gasteiger partial charge is 0.440 e. The molecule has 0 spiro atoms. The number of carbonyl (C=O) groups excluding carboxylic acids is 1. The molecule has 2 heterocycles. The van der Waals surface area contributed by atoms with Gasteiger partial charge in [-0.25, -0.2) is 4.98 Å². The van der Waals surface area contributed by atoms with Crippen molar-refractivity contribution >= 4 is 22.7 Å². The Labute approximate surface area is 171 Å². The van der Waals surface area contributed by atoms with Gasteiger partial charge in [0.2, 0.25) is 5.91 Å². The Balaban J connectivity index is 1.19. The average molecular weight is 389 g/mol. The molecule has 0 bridgehead atoms. The first-order valence-electron chi connectivity index (χ1n) is 10.7. The Hall–Kier alpha value is -2.66. The van der Waals surface area contributed by atoms with Crippen molar-refractivity contribution in [1.82, 2.24) is 9.88 Å². The number of nitrogens with zero attached hydrogens (tertiary/aromatic N) is 2. The molecule has 5 rings (SSSR count). The maximum atomic E-state index is 12.8. The van der Waals surface area contributed by atoms with Crippen LogP contribution < -0.4 is 5.32 Å². The number of aromatic nitrogens is 1. The Morgan fingerprint density at radius 2 is 1.93 bits per heavy atom. The van der Waals surface area contributed by atoms with Crippen LogP contribution in [0.1, 0.15) is 49.1 Å². The molecule has 1 aromatic heterocycles. The smallest absolute Gasteiger partial charge is 0.241 e. The predicted molar refractivity (Wildman–Crippen MR) is 114 cm³/mol. The van der Waals surface area contributed by atoms with E-state index in [1.54, 1.807) is 0 Å². The lowest BCUT2D eigenvalue weighted by Gasteiger charge is -2.34. The number of amides is 1. The van der Waals surface area contributed by atoms with Gasteiger partial charge in [-0.2, -0.15) is 0 Å². The number of likely N-dealkylation sites (tertiary alicyclic amines) is 1. The molecule has 1 atom stereocenters. The summed E-state index contributed by atoms with van der Waals surface area (Å²) in [5.41, 5.74) is 5.51. The van der Waals surface area contributed by atoms with Crippen LogP contribution >= 0.6 is 0 Å². The molecule has 1 fully saturated rings. The van der Waals surface area contributed by atoms with E-state index < -0.39 is 0 Å². The Kier molecular flexibility index (Phi) is 4.84. The fraction of sp³-hybridized carbons (Fsp3) is 0.417. The minimum atomic E-state index is -0.146. The monoisotopic (exact) mass is 389 g/mol. The first-order valence-corrected chi connectivity index (χ1v) is 10.7. The molecule has 1 N–H and O–H groups in total. The molecule has 3 aromatic rings. The van der Waals surface area contributed by atoms with E-state index in [0.717, 1.165) is 61.5 Å². The maximum Gasteiger partial charge on any atom is 0.241 e. The molecule has 5 nitrogen and oxygen atoms in total. The first-order chi connectivity index (χ1) is 14.2. The van der Waals surface area contributed by atoms with Crippen LogP contribution in [0.3, 0.4) is 0 Å². The van der Waals surface area contributed by atoms with Gasteiger partial charge in [0.25, 0.3) is 0 Å². The van der Waals surface area contributed by atoms with E-state index in [4.69, 9.17) is 4.42 Å². The van der Waals surface area contributed by atoms with Crippen LogP contribution in [0.5, 0.6) is 0 Å². The van der Waals surface area contributed by atoms with Crippen LogP contribution in [0, 0.1) is 0 Å². The number of benzene rings is 2. The van der Waals surface area contributed by atoms with Gasteiger partial charge in [-0.05, 0) is 87.5 Å². The number of carbonyl (C=O) groups is 1. The predicted octanol–water partition coefficient (Wildman–Crippen LogP) is 4.52. The number of fused-ring (bicyclic) bond motifs is 2. The van der Waals surface area contributed by atoms with E-state index in [0.29, 0.717) is 5.92 Å². The van der Waals surface area contributed by atoms with E-state index in [-0.39, 0.29) is 11.9 Å². The summed E-state index contributed by atoms with van der Waals surface area (Å²) in [5.74, 6) is 1.23. The molecule has 2 aromatic carbocycles. The van der Waals surface area contributed by atoms with Crippen LogP contribution in [-0.4, -0.2) is 34.9 Å². The second-order valence-corrected chi connectivity index (χ2v) is 8.33. The van der Waals surface area contributed by atoms with Crippen molar-refractivity contribution in [3.8, 4) is 0 Å². The van der Waals surface area contributed by atoms with Crippen LogP contribution in [0.2, 0.25) is 0 Å². The van der Waals surface area contributed by atoms with E-state index >= 15 is 0 Å². The van der Waals surface area contributed by atoms with Gasteiger partial charge in [-0.3, -0.25) is 9.69 Å². The normalized spacial score (nSPS) is 18.7. The van der Waals surface area contributed by atoms with Gasteiger partial charge in [0, 0.05) is 11.6 Å². The molecule has 0 unspecified atom stereocenters. The van der Waals surface area contributed by atoms with Crippen molar-refractivity contribution in [2.45, 2.75) is 51.0 Å². The number of nitrogens with one attached hydrogen (secondary N) is 1. The van der Waals surface area contributed by atoms with Crippen molar-refractivity contribution in [3.63, 3.8) is 0 Å². The zero-order valence-electron chi connectivity index (χ0n) is 16.9. The molecule has 0 radical (unpaired) electrons. The van der Waals surface area contributed by atoms with Gasteiger partial charge in [0.05, 0.1) is 6.04 Å². The standard InChI is InChI=1S/C24H27N3O2/c1-16(23(28)25-20-10-9-17-5-4-6-19(17)15-20)27-13-11-18(12-14-27)24-26-21-7-2-3-8-22(21)29-24/h2-3,7-10,15-16,18H,4-6,11-14H2,1H3,(H,25,28)/t16-/m1/s1. The summed E-state index contributed by atoms with van der Waals surface area (Å²) < 4.78 is 5.96. The van der Waals surface area contributed by atoms with E-state index in [1.165, 1.54) is 17.5 Å². The summed E-state index contributed by atoms with van der Waals surface area (Å²) in [7, 11) is 0. The number of hydrogen-bond donors (Lipinski definition) is 1. The molecule has 0 saturated carbocycles. The third-order valence-electron chi connectivity index (χ3n) is 6.48. The maximum absolute atomic E-state index is 12.8. The second kappa shape index (κ2) is 7.64. The van der Waals surface area contributed by atoms with Crippen LogP contribution in [0.15, 0.2) is 46.9 Å². The summed E-state index contributed by atoms with van der Waals surface area (Å²) in [6, 6.07) is 14.1. The van der Waals surface area contributed by atoms with Crippen molar-refractivity contribution in [1.29, 1.82) is 0 Å². The van der Waals surface area contributed by atoms with Crippen LogP contribution in [0.25, 0.3) is 11.1 Å². The number of piperidine rings is 1. The molecule has 1 amide bonds. The number of oxazole rings is 1. The van der Waals surface area contributed by atoms with Gasteiger partial charge in [-0.1, -0.05) is 18.2 Å². The zero-order chi connectivity index (χ0) is 19.8. The van der Waals surface area contributed by atoms with E-state index in [9.17, 15) is 4.79 Å². The van der Waals surface area contributed by atoms with Crippen molar-refractivity contribution in [3.05, 3.63) is 59.5 Å². The van der Waals surface area contributed by atoms with E-state index in [1.807, 2.05) is 37.3 Å². The lowest BCUT2D eigenvalue weighted by molar-refractivity contribution is -0.121. The van der Waals surface area contributed by atoms with Crippen molar-refractivity contribution in [2.75, 3.05) is 18.4 Å². The summed E-state index contributed by atoms with van der Waals surface area (Å²) in [6.45, 7) is 3.76. The molecule has 2 aliphatic rings. The molecule has 1 aliphatic carbocycles. The van der Waals surface area contributed by atoms with Crippen LogP contribution in [0.4, 0.5) is 5.69 Å². The highest BCUT2D eigenvalue weighted by Gasteiger charge is 2.29. The average Bonchev–Trinajstić information content (AvgIpc) is 3.39. The van der Waals surface area contributed by atoms with Gasteiger partial charge in [0.1, 0.15) is 5.52 Å². The number of rotatable bonds is 4. The quantitative estimate of drug-likeness (QED) is 0.713. The van der Waals surface area contributed by atoms with Gasteiger partial charge in [-0.15, -0.1) is 0 Å². The zero-order valence-corrected chi connectivity index (χ0v) is 16.9. The van der Waals surface area contributed by atoms with Crippen LogP contribution in [-0.2, 0) is 17.6 Å². The highest BCUT2D eigenvalue weighted by molar-refractivity contribution is 5.94. The number of aryl methyl sites for hydroxylation is 2. The van der Waals surface area contributed by atoms with Gasteiger partial charge >= 0.3 is 0 Å². The van der Waals surface area contributed by atoms with Gasteiger partial charge < -0.3 is 9.73 Å². The molecule has 29 heavy (non-hydrogen) atoms. The lowest BCUT2D eigenvalue weighted by Crippen LogP contribution is -2.45. The highest BCUT2D eigenvalue weighted by Crippen LogP contribution is 2.31. The SMILES string of the molecule is C[C@H](C(=O)Nc1ccc2c(c1)CCC2)N1CCC(c2nc3ccccc3o2)CC1. The Morgan fingerprint density at radius 3 is 2.76 bits per heavy atom. The summed E-state index contributed by atoms with van der Waals surface area (Å²) >= 11 is 0. The van der Waals surface area contributed by atoms with Gasteiger partial charge in [0.15, 0.2) is 11.5 Å². The number of para-hydroxylation sites is 2. The Morgan fingerprint density at radius 1 is 1.14 bits per heavy atom. The molecule has 1 aliphatic heterocycles. The number of anilines is 1. The Bertz CT molecular complexity index is 1000. The summed E-state index contributed by atoms with van der Waals surface area (Å²) in [5, 5.41) is 3.12. The molecular formula is C24H27N3O2. The van der Waals surface area contributed by atoms with Crippen molar-refractivity contribution in [2.24, 2.45) is 0 Å². The fourth-order valence-corrected chi connectivity index (χ4v) is 4.66. The summed E-state index contributed by atoms with van der Waals surface area (Å²) in [4.78, 5) is 19.7. The number of hydrogen-bond acceptors (Lipinski definition) is 4. The first kappa shape index (κ1) is 18.4. The third kappa shape index (κ3) is 3.67. The minimum absolute atomic E-state index is 0.0725. The molecule has 5 heteroatoms. The van der Waals surface area contributed by atoms with Crippen molar-refractivity contribution < 1.29 is 9.21 Å². The minimum Gasteiger partial charge on any atom is -0.440 e. The molecule has 150 valence electrons. The lowest BCUT2D eigenvalue weighted by atomic mass is 9.95. The molecular weight excluding hydrogens is 362 g/mol. The topological polar surface area (TPSA) is 58.4 Å². The second-order valence-electron chi connectivity index (χ2n) is 8.33. The summed E-state index contributed by atoms with van der Waals surface area (Å²) in [6.07, 6.45) is 5.43. The highest BCUT2D eigenvalue weighted by atomic mass is 16.3.